The Morgan fingerprint density at radius 3 is 0.896 bits per heavy atom. The highest BCUT2D eigenvalue weighted by molar-refractivity contribution is 7.97. The minimum atomic E-state index is -2.08. The Bertz CT molecular complexity index is 2150. The highest BCUT2D eigenvalue weighted by Gasteiger charge is 2.38. The van der Waals surface area contributed by atoms with Crippen LogP contribution in [0.25, 0.3) is 0 Å². The third kappa shape index (κ3) is 18.6. The normalized spacial score (nSPS) is 10.2. The number of carboxylic acid groups (broad SMARTS) is 4. The maximum Gasteiger partial charge on any atom is 0.250 e. The molecule has 0 radical (unpaired) electrons. The van der Waals surface area contributed by atoms with Gasteiger partial charge in [-0.15, -0.1) is 0 Å². The Morgan fingerprint density at radius 1 is 0.403 bits per heavy atom. The summed E-state index contributed by atoms with van der Waals surface area (Å²) in [6, 6.07) is 50.3. The van der Waals surface area contributed by atoms with Crippen LogP contribution in [0.4, 0.5) is 9.59 Å². The molecule has 0 aliphatic carbocycles. The van der Waals surface area contributed by atoms with E-state index in [0.717, 1.165) is 63.6 Å². The predicted octanol–water partition coefficient (Wildman–Crippen LogP) is 10.9. The van der Waals surface area contributed by atoms with E-state index in [0.29, 0.717) is 39.6 Å². The average molecular weight is 955 g/mol. The van der Waals surface area contributed by atoms with Crippen molar-refractivity contribution >= 4 is 34.1 Å². The molecule has 0 saturated heterocycles. The topological polar surface area (TPSA) is 176 Å². The maximum absolute atomic E-state index is 8.44. The van der Waals surface area contributed by atoms with Crippen LogP contribution in [0.1, 0.15) is 60.8 Å². The molecule has 14 heteroatoms. The van der Waals surface area contributed by atoms with Crippen molar-refractivity contribution in [1.29, 1.82) is 0 Å². The highest BCUT2D eigenvalue weighted by Crippen LogP contribution is 2.46. The molecule has 0 fully saturated rings. The monoisotopic (exact) mass is 954 g/mol. The first-order valence-electron chi connectivity index (χ1n) is 22.1. The minimum absolute atomic E-state index is 0.358. The molecule has 0 bridgehead atoms. The van der Waals surface area contributed by atoms with Gasteiger partial charge in [-0.1, -0.05) is 93.6 Å². The largest absolute Gasteiger partial charge is 0.565 e. The van der Waals surface area contributed by atoms with Crippen LogP contribution < -0.4 is 38.6 Å². The Kier molecular flexibility index (Phi) is 25.6. The van der Waals surface area contributed by atoms with Gasteiger partial charge >= 0.3 is 0 Å². The second kappa shape index (κ2) is 31.3. The molecule has 0 aliphatic rings. The van der Waals surface area contributed by atoms with E-state index in [2.05, 4.69) is 130 Å². The van der Waals surface area contributed by atoms with Crippen molar-refractivity contribution in [3.63, 3.8) is 0 Å². The fourth-order valence-electron chi connectivity index (χ4n) is 6.19. The van der Waals surface area contributed by atoms with Crippen LogP contribution in [0.2, 0.25) is 0 Å². The van der Waals surface area contributed by atoms with Gasteiger partial charge in [-0.25, -0.2) is 0 Å². The van der Waals surface area contributed by atoms with Gasteiger partial charge in [0, 0.05) is 24.3 Å². The van der Waals surface area contributed by atoms with Crippen LogP contribution >= 0.6 is 0 Å². The Labute approximate surface area is 400 Å². The van der Waals surface area contributed by atoms with Gasteiger partial charge in [-0.05, 0) is 88.6 Å². The molecule has 0 saturated carbocycles. The second-order valence-electron chi connectivity index (χ2n) is 13.7. The summed E-state index contributed by atoms with van der Waals surface area (Å²) in [4.78, 5) is 23.9. The van der Waals surface area contributed by atoms with E-state index in [4.69, 9.17) is 58.4 Å². The zero-order valence-corrected chi connectivity index (χ0v) is 40.6. The molecule has 2 N–H and O–H groups in total. The SMILES string of the molecule is CCCOc1cc(OCCC)c([S+](c2ccccc2)c2ccccc2)c(OCCC)c1.CCOc1cc(OCC)c([S+](c2ccccc2)c2ccccc2)c(OCC)c1.O=C([O-])O.O=C([O-])O. The van der Waals surface area contributed by atoms with Crippen molar-refractivity contribution in [1.82, 2.24) is 0 Å². The summed E-state index contributed by atoms with van der Waals surface area (Å²) in [6.45, 7) is 16.1. The maximum atomic E-state index is 8.44. The summed E-state index contributed by atoms with van der Waals surface area (Å²) in [5.74, 6) is 4.88. The second-order valence-corrected chi connectivity index (χ2v) is 17.7. The van der Waals surface area contributed by atoms with Gasteiger partial charge in [-0.2, -0.15) is 0 Å². The number of carbonyl (C=O) groups is 2. The molecule has 0 aliphatic heterocycles. The fourth-order valence-corrected chi connectivity index (χ4v) is 10.7. The van der Waals surface area contributed by atoms with E-state index in [1.807, 2.05) is 57.2 Å². The molecule has 6 aromatic rings. The molecule has 12 nitrogen and oxygen atoms in total. The zero-order valence-electron chi connectivity index (χ0n) is 39.0. The van der Waals surface area contributed by atoms with Gasteiger partial charge in [0.1, 0.15) is 33.3 Å². The smallest absolute Gasteiger partial charge is 0.250 e. The van der Waals surface area contributed by atoms with Crippen molar-refractivity contribution in [2.75, 3.05) is 39.6 Å². The third-order valence-electron chi connectivity index (χ3n) is 8.62. The molecule has 0 heterocycles. The Morgan fingerprint density at radius 2 is 0.642 bits per heavy atom. The molecule has 67 heavy (non-hydrogen) atoms. The number of hydrogen-bond donors (Lipinski definition) is 2. The average Bonchev–Trinajstić information content (AvgIpc) is 3.32. The van der Waals surface area contributed by atoms with E-state index in [1.165, 1.54) is 19.6 Å². The van der Waals surface area contributed by atoms with Gasteiger partial charge in [0.2, 0.25) is 22.1 Å². The molecular formula is C53H62O12S2. The number of hydrogen-bond acceptors (Lipinski definition) is 10. The first-order valence-corrected chi connectivity index (χ1v) is 24.6. The van der Waals surface area contributed by atoms with Crippen molar-refractivity contribution < 1.29 is 58.4 Å². The summed E-state index contributed by atoms with van der Waals surface area (Å²) in [5, 5.41) is 30.6. The molecule has 0 spiro atoms. The third-order valence-corrected chi connectivity index (χ3v) is 13.2. The summed E-state index contributed by atoms with van der Waals surface area (Å²) in [5.41, 5.74) is 0. The highest BCUT2D eigenvalue weighted by atomic mass is 32.2. The van der Waals surface area contributed by atoms with E-state index >= 15 is 0 Å². The van der Waals surface area contributed by atoms with Gasteiger partial charge in [0.25, 0.3) is 0 Å². The zero-order chi connectivity index (χ0) is 48.8. The van der Waals surface area contributed by atoms with Crippen LogP contribution in [0.15, 0.2) is 175 Å². The lowest BCUT2D eigenvalue weighted by Crippen LogP contribution is -2.17. The minimum Gasteiger partial charge on any atom is -0.565 e. The van der Waals surface area contributed by atoms with E-state index < -0.39 is 12.3 Å². The van der Waals surface area contributed by atoms with Crippen molar-refractivity contribution in [2.24, 2.45) is 0 Å². The fraction of sp³-hybridized carbons (Fsp3) is 0.283. The summed E-state index contributed by atoms with van der Waals surface area (Å²) >= 11 is 0. The number of benzene rings is 6. The lowest BCUT2D eigenvalue weighted by atomic mass is 10.3. The first kappa shape index (κ1) is 54.7. The van der Waals surface area contributed by atoms with Gasteiger partial charge in [0.15, 0.2) is 42.6 Å². The molecule has 0 amide bonds. The standard InChI is InChI=1S/C27H33O3S.C24H27O3S.2CH2O3/c1-4-17-28-22-20-25(29-18-5-2)27(26(21-22)30-19-6-3)31(23-13-9-7-10-14-23)24-15-11-8-12-16-24;1-4-25-19-17-22(26-5-2)24(23(18-19)27-6-3)28(20-13-9-7-10-14-20)21-15-11-8-12-16-21;2*2-1(3)4/h7-16,20-21H,4-6,17-19H2,1-3H3;7-18H,4-6H2,1-3H3;2*(H2,2,3,4)/q2*+1;;/p-2. The lowest BCUT2D eigenvalue weighted by molar-refractivity contribution is -0.276. The summed E-state index contributed by atoms with van der Waals surface area (Å²) < 4.78 is 36.5. The summed E-state index contributed by atoms with van der Waals surface area (Å²) in [7, 11) is -0.723. The Hall–Kier alpha value is -6.64. The number of rotatable bonds is 21. The molecule has 358 valence electrons. The van der Waals surface area contributed by atoms with Crippen molar-refractivity contribution in [2.45, 2.75) is 90.2 Å². The van der Waals surface area contributed by atoms with E-state index in [9.17, 15) is 0 Å². The van der Waals surface area contributed by atoms with Gasteiger partial charge in [-0.3, -0.25) is 0 Å². The Balaban J connectivity index is 0.000000307. The van der Waals surface area contributed by atoms with Gasteiger partial charge < -0.3 is 58.4 Å². The van der Waals surface area contributed by atoms with Crippen molar-refractivity contribution in [3.8, 4) is 34.5 Å². The molecule has 6 rings (SSSR count). The quantitative estimate of drug-likeness (QED) is 0.0654. The summed E-state index contributed by atoms with van der Waals surface area (Å²) in [6.07, 6.45) is -1.33. The van der Waals surface area contributed by atoms with Crippen LogP contribution in [-0.4, -0.2) is 62.2 Å². The van der Waals surface area contributed by atoms with Gasteiger partial charge in [0.05, 0.1) is 39.6 Å². The predicted molar refractivity (Wildman–Crippen MR) is 260 cm³/mol. The van der Waals surface area contributed by atoms with Crippen LogP contribution in [-0.2, 0) is 21.8 Å². The van der Waals surface area contributed by atoms with Crippen LogP contribution in [0, 0.1) is 0 Å². The first-order chi connectivity index (χ1) is 32.5. The molecular weight excluding hydrogens is 893 g/mol. The molecule has 0 atom stereocenters. The van der Waals surface area contributed by atoms with Crippen LogP contribution in [0.3, 0.4) is 0 Å². The number of ether oxygens (including phenoxy) is 6. The van der Waals surface area contributed by atoms with Crippen LogP contribution in [0.5, 0.6) is 34.5 Å². The lowest BCUT2D eigenvalue weighted by Gasteiger charge is -2.18. The van der Waals surface area contributed by atoms with Crippen molar-refractivity contribution in [3.05, 3.63) is 146 Å². The van der Waals surface area contributed by atoms with E-state index in [-0.39, 0.29) is 21.8 Å². The van der Waals surface area contributed by atoms with E-state index in [1.54, 1.807) is 0 Å². The molecule has 0 aromatic heterocycles. The molecule has 6 aromatic carbocycles. The molecule has 0 unspecified atom stereocenters.